The lowest BCUT2D eigenvalue weighted by Crippen LogP contribution is -2.39. The van der Waals surface area contributed by atoms with E-state index in [9.17, 15) is 5.11 Å². The molecule has 0 unspecified atom stereocenters. The molecule has 2 heterocycles. The monoisotopic (exact) mass is 195 g/mol. The topological polar surface area (TPSA) is 36.6 Å². The van der Waals surface area contributed by atoms with Crippen LogP contribution in [0.15, 0.2) is 22.8 Å². The first-order chi connectivity index (χ1) is 6.77. The summed E-state index contributed by atoms with van der Waals surface area (Å²) >= 11 is 0. The van der Waals surface area contributed by atoms with Crippen LogP contribution >= 0.6 is 0 Å². The van der Waals surface area contributed by atoms with Crippen molar-refractivity contribution in [2.24, 2.45) is 0 Å². The number of furan rings is 1. The second-order valence-corrected chi connectivity index (χ2v) is 3.98. The zero-order valence-electron chi connectivity index (χ0n) is 8.52. The Morgan fingerprint density at radius 1 is 1.64 bits per heavy atom. The molecule has 0 amide bonds. The van der Waals surface area contributed by atoms with Gasteiger partial charge in [-0.05, 0) is 38.4 Å². The van der Waals surface area contributed by atoms with Crippen LogP contribution in [0.3, 0.4) is 0 Å². The molecule has 1 aromatic rings. The molecule has 1 aliphatic rings. The number of rotatable bonds is 2. The summed E-state index contributed by atoms with van der Waals surface area (Å²) in [6, 6.07) is 4.18. The van der Waals surface area contributed by atoms with E-state index in [1.54, 1.807) is 6.26 Å². The molecule has 0 aromatic carbocycles. The highest BCUT2D eigenvalue weighted by molar-refractivity contribution is 5.04. The van der Waals surface area contributed by atoms with E-state index in [1.807, 2.05) is 12.1 Å². The average Bonchev–Trinajstić information content (AvgIpc) is 2.69. The largest absolute Gasteiger partial charge is 0.468 e. The normalized spacial score (nSPS) is 26.3. The third-order valence-corrected chi connectivity index (χ3v) is 2.93. The van der Waals surface area contributed by atoms with Crippen molar-refractivity contribution in [2.45, 2.75) is 31.9 Å². The van der Waals surface area contributed by atoms with Gasteiger partial charge in [-0.25, -0.2) is 0 Å². The third-order valence-electron chi connectivity index (χ3n) is 2.93. The van der Waals surface area contributed by atoms with Gasteiger partial charge in [0.1, 0.15) is 5.76 Å². The number of hydrogen-bond donors (Lipinski definition) is 1. The summed E-state index contributed by atoms with van der Waals surface area (Å²) < 4.78 is 5.36. The number of β-amino-alcohol motifs (C(OH)–C–C–N with tert-alkyl or cyclic N) is 1. The lowest BCUT2D eigenvalue weighted by atomic mass is 10.1. The molecule has 1 aliphatic heterocycles. The van der Waals surface area contributed by atoms with E-state index in [1.165, 1.54) is 0 Å². The SMILES string of the molecule is C[C@H](c1ccco1)N1CCC[C@H](O)C1. The van der Waals surface area contributed by atoms with Crippen LogP contribution in [-0.2, 0) is 0 Å². The minimum absolute atomic E-state index is 0.166. The summed E-state index contributed by atoms with van der Waals surface area (Å²) in [5, 5.41) is 9.55. The number of hydrogen-bond acceptors (Lipinski definition) is 3. The molecule has 1 saturated heterocycles. The lowest BCUT2D eigenvalue weighted by Gasteiger charge is -2.33. The highest BCUT2D eigenvalue weighted by Crippen LogP contribution is 2.24. The minimum atomic E-state index is -0.166. The van der Waals surface area contributed by atoms with E-state index < -0.39 is 0 Å². The lowest BCUT2D eigenvalue weighted by molar-refractivity contribution is 0.0452. The molecular weight excluding hydrogens is 178 g/mol. The molecule has 1 N–H and O–H groups in total. The number of aliphatic hydroxyl groups excluding tert-OH is 1. The molecule has 0 aliphatic carbocycles. The third kappa shape index (κ3) is 1.99. The standard InChI is InChI=1S/C11H17NO2/c1-9(11-5-3-7-14-11)12-6-2-4-10(13)8-12/h3,5,7,9-10,13H,2,4,6,8H2,1H3/t9-,10+/m1/s1. The summed E-state index contributed by atoms with van der Waals surface area (Å²) in [6.45, 7) is 3.94. The first kappa shape index (κ1) is 9.74. The van der Waals surface area contributed by atoms with Crippen LogP contribution in [0, 0.1) is 0 Å². The summed E-state index contributed by atoms with van der Waals surface area (Å²) in [7, 11) is 0. The molecular formula is C11H17NO2. The van der Waals surface area contributed by atoms with Gasteiger partial charge in [-0.3, -0.25) is 4.90 Å². The van der Waals surface area contributed by atoms with Gasteiger partial charge in [0, 0.05) is 6.54 Å². The Morgan fingerprint density at radius 3 is 3.14 bits per heavy atom. The van der Waals surface area contributed by atoms with Crippen LogP contribution in [0.25, 0.3) is 0 Å². The molecule has 2 rings (SSSR count). The molecule has 0 bridgehead atoms. The Bertz CT molecular complexity index is 271. The molecule has 14 heavy (non-hydrogen) atoms. The van der Waals surface area contributed by atoms with Crippen LogP contribution in [0.1, 0.15) is 31.6 Å². The van der Waals surface area contributed by atoms with Crippen molar-refractivity contribution in [3.05, 3.63) is 24.2 Å². The van der Waals surface area contributed by atoms with Crippen molar-refractivity contribution in [3.63, 3.8) is 0 Å². The van der Waals surface area contributed by atoms with Crippen molar-refractivity contribution in [1.82, 2.24) is 4.90 Å². The fraction of sp³-hybridized carbons (Fsp3) is 0.636. The number of nitrogens with zero attached hydrogens (tertiary/aromatic N) is 1. The quantitative estimate of drug-likeness (QED) is 0.781. The Labute approximate surface area is 84.3 Å². The Morgan fingerprint density at radius 2 is 2.50 bits per heavy atom. The van der Waals surface area contributed by atoms with E-state index in [0.29, 0.717) is 0 Å². The first-order valence-corrected chi connectivity index (χ1v) is 5.23. The second-order valence-electron chi connectivity index (χ2n) is 3.98. The number of aliphatic hydroxyl groups is 1. The average molecular weight is 195 g/mol. The van der Waals surface area contributed by atoms with E-state index >= 15 is 0 Å². The fourth-order valence-electron chi connectivity index (χ4n) is 2.04. The van der Waals surface area contributed by atoms with E-state index in [-0.39, 0.29) is 12.1 Å². The highest BCUT2D eigenvalue weighted by atomic mass is 16.3. The summed E-state index contributed by atoms with van der Waals surface area (Å²) in [6.07, 6.45) is 3.54. The number of likely N-dealkylation sites (tertiary alicyclic amines) is 1. The summed E-state index contributed by atoms with van der Waals surface area (Å²) in [5.74, 6) is 0.985. The Balaban J connectivity index is 2.00. The van der Waals surface area contributed by atoms with Gasteiger partial charge in [0.05, 0.1) is 18.4 Å². The fourth-order valence-corrected chi connectivity index (χ4v) is 2.04. The maximum Gasteiger partial charge on any atom is 0.120 e. The van der Waals surface area contributed by atoms with Crippen molar-refractivity contribution < 1.29 is 9.52 Å². The van der Waals surface area contributed by atoms with Crippen LogP contribution in [0.4, 0.5) is 0 Å². The van der Waals surface area contributed by atoms with Crippen LogP contribution in [0.5, 0.6) is 0 Å². The summed E-state index contributed by atoms with van der Waals surface area (Å²) in [5.41, 5.74) is 0. The molecule has 1 aromatic heterocycles. The predicted octanol–water partition coefficient (Wildman–Crippen LogP) is 1.80. The van der Waals surface area contributed by atoms with Gasteiger partial charge in [-0.15, -0.1) is 0 Å². The van der Waals surface area contributed by atoms with Gasteiger partial charge in [-0.1, -0.05) is 0 Å². The predicted molar refractivity (Wildman–Crippen MR) is 53.9 cm³/mol. The van der Waals surface area contributed by atoms with Gasteiger partial charge in [-0.2, -0.15) is 0 Å². The molecule has 0 spiro atoms. The smallest absolute Gasteiger partial charge is 0.120 e. The van der Waals surface area contributed by atoms with Crippen molar-refractivity contribution in [3.8, 4) is 0 Å². The molecule has 0 radical (unpaired) electrons. The van der Waals surface area contributed by atoms with Crippen molar-refractivity contribution >= 4 is 0 Å². The molecule has 2 atom stereocenters. The first-order valence-electron chi connectivity index (χ1n) is 5.23. The molecule has 0 saturated carbocycles. The van der Waals surface area contributed by atoms with Gasteiger partial charge in [0.25, 0.3) is 0 Å². The molecule has 1 fully saturated rings. The molecule has 3 nitrogen and oxygen atoms in total. The van der Waals surface area contributed by atoms with E-state index in [2.05, 4.69) is 11.8 Å². The maximum atomic E-state index is 9.55. The molecule has 3 heteroatoms. The van der Waals surface area contributed by atoms with E-state index in [4.69, 9.17) is 4.42 Å². The van der Waals surface area contributed by atoms with E-state index in [0.717, 1.165) is 31.7 Å². The van der Waals surface area contributed by atoms with Gasteiger partial charge >= 0.3 is 0 Å². The summed E-state index contributed by atoms with van der Waals surface area (Å²) in [4.78, 5) is 2.27. The van der Waals surface area contributed by atoms with Gasteiger partial charge in [0.2, 0.25) is 0 Å². The van der Waals surface area contributed by atoms with Crippen molar-refractivity contribution in [1.29, 1.82) is 0 Å². The zero-order valence-corrected chi connectivity index (χ0v) is 8.52. The van der Waals surface area contributed by atoms with Crippen molar-refractivity contribution in [2.75, 3.05) is 13.1 Å². The van der Waals surface area contributed by atoms with Crippen LogP contribution in [-0.4, -0.2) is 29.2 Å². The Hall–Kier alpha value is -0.800. The number of piperidine rings is 1. The zero-order chi connectivity index (χ0) is 9.97. The highest BCUT2D eigenvalue weighted by Gasteiger charge is 2.23. The van der Waals surface area contributed by atoms with Gasteiger partial charge in [0.15, 0.2) is 0 Å². The van der Waals surface area contributed by atoms with Crippen LogP contribution < -0.4 is 0 Å². The van der Waals surface area contributed by atoms with Crippen LogP contribution in [0.2, 0.25) is 0 Å². The molecule has 78 valence electrons. The van der Waals surface area contributed by atoms with Gasteiger partial charge < -0.3 is 9.52 Å². The Kier molecular flexibility index (Phi) is 2.89. The second kappa shape index (κ2) is 4.15. The minimum Gasteiger partial charge on any atom is -0.468 e. The maximum absolute atomic E-state index is 9.55.